The maximum Gasteiger partial charge on any atom is 0.132 e. The van der Waals surface area contributed by atoms with Gasteiger partial charge in [-0.15, -0.1) is 11.6 Å². The Kier molecular flexibility index (Phi) is 5.59. The molecule has 0 bridgehead atoms. The van der Waals surface area contributed by atoms with Crippen LogP contribution in [0.5, 0.6) is 5.75 Å². The predicted octanol–water partition coefficient (Wildman–Crippen LogP) is 4.52. The second-order valence-electron chi connectivity index (χ2n) is 4.29. The summed E-state index contributed by atoms with van der Waals surface area (Å²) in [6.07, 6.45) is 0.618. The molecular formula is C17H13ClF2O. The van der Waals surface area contributed by atoms with Crippen molar-refractivity contribution in [3.05, 3.63) is 65.2 Å². The number of halogens is 3. The van der Waals surface area contributed by atoms with Gasteiger partial charge in [0, 0.05) is 29.5 Å². The first kappa shape index (κ1) is 15.3. The van der Waals surface area contributed by atoms with Crippen molar-refractivity contribution in [2.45, 2.75) is 13.0 Å². The minimum atomic E-state index is -0.618. The van der Waals surface area contributed by atoms with Crippen LogP contribution in [0.1, 0.15) is 17.5 Å². The molecule has 2 rings (SSSR count). The van der Waals surface area contributed by atoms with E-state index in [1.807, 2.05) is 6.07 Å². The van der Waals surface area contributed by atoms with E-state index < -0.39 is 11.6 Å². The second kappa shape index (κ2) is 7.66. The summed E-state index contributed by atoms with van der Waals surface area (Å²) in [5.41, 5.74) is 1.10. The summed E-state index contributed by atoms with van der Waals surface area (Å²) in [6, 6.07) is 10.6. The molecule has 0 aliphatic carbocycles. The fourth-order valence-electron chi connectivity index (χ4n) is 1.68. The Morgan fingerprint density at radius 1 is 1.10 bits per heavy atom. The standard InChI is InChI=1S/C17H13ClF2O/c18-9-2-1-4-13-5-3-6-16(10-13)21-12-14-7-8-15(19)11-17(14)20/h3,5-8,10-11H,2,9,12H2. The molecule has 2 aromatic rings. The van der Waals surface area contributed by atoms with Crippen LogP contribution in [0.15, 0.2) is 42.5 Å². The minimum absolute atomic E-state index is 0.0324. The van der Waals surface area contributed by atoms with Gasteiger partial charge >= 0.3 is 0 Å². The van der Waals surface area contributed by atoms with E-state index in [1.165, 1.54) is 12.1 Å². The molecule has 0 amide bonds. The first-order chi connectivity index (χ1) is 10.2. The fraction of sp³-hybridized carbons (Fsp3) is 0.176. The summed E-state index contributed by atoms with van der Waals surface area (Å²) in [6.45, 7) is 0.0324. The number of rotatable bonds is 4. The Morgan fingerprint density at radius 2 is 1.95 bits per heavy atom. The first-order valence-corrected chi connectivity index (χ1v) is 6.94. The van der Waals surface area contributed by atoms with Gasteiger partial charge in [-0.25, -0.2) is 8.78 Å². The van der Waals surface area contributed by atoms with Crippen LogP contribution in [0, 0.1) is 23.5 Å². The van der Waals surface area contributed by atoms with Gasteiger partial charge in [0.1, 0.15) is 24.0 Å². The summed E-state index contributed by atoms with van der Waals surface area (Å²) in [5.74, 6) is 5.75. The quantitative estimate of drug-likeness (QED) is 0.596. The fourth-order valence-corrected chi connectivity index (χ4v) is 1.77. The lowest BCUT2D eigenvalue weighted by atomic mass is 10.2. The van der Waals surface area contributed by atoms with Crippen molar-refractivity contribution >= 4 is 11.6 Å². The molecule has 0 saturated heterocycles. The second-order valence-corrected chi connectivity index (χ2v) is 4.67. The number of hydrogen-bond donors (Lipinski definition) is 0. The topological polar surface area (TPSA) is 9.23 Å². The van der Waals surface area contributed by atoms with E-state index in [0.29, 0.717) is 23.6 Å². The van der Waals surface area contributed by atoms with Crippen LogP contribution in [-0.4, -0.2) is 5.88 Å². The SMILES string of the molecule is Fc1ccc(COc2cccc(C#CCCCl)c2)c(F)c1. The molecular weight excluding hydrogens is 294 g/mol. The number of alkyl halides is 1. The normalized spacial score (nSPS) is 9.86. The third-order valence-corrected chi connectivity index (χ3v) is 2.88. The molecule has 1 nitrogen and oxygen atoms in total. The van der Waals surface area contributed by atoms with E-state index in [0.717, 1.165) is 11.6 Å². The lowest BCUT2D eigenvalue weighted by Crippen LogP contribution is -1.99. The van der Waals surface area contributed by atoms with Crippen LogP contribution in [0.3, 0.4) is 0 Å². The van der Waals surface area contributed by atoms with Crippen molar-refractivity contribution in [2.24, 2.45) is 0 Å². The number of benzene rings is 2. The zero-order chi connectivity index (χ0) is 15.1. The van der Waals surface area contributed by atoms with Crippen molar-refractivity contribution in [2.75, 3.05) is 5.88 Å². The molecule has 0 aromatic heterocycles. The van der Waals surface area contributed by atoms with E-state index in [-0.39, 0.29) is 6.61 Å². The highest BCUT2D eigenvalue weighted by Crippen LogP contribution is 2.16. The molecule has 0 aliphatic heterocycles. The molecule has 21 heavy (non-hydrogen) atoms. The molecule has 0 N–H and O–H groups in total. The average molecular weight is 307 g/mol. The smallest absolute Gasteiger partial charge is 0.132 e. The van der Waals surface area contributed by atoms with Crippen LogP contribution < -0.4 is 4.74 Å². The molecule has 0 radical (unpaired) electrons. The van der Waals surface area contributed by atoms with Crippen LogP contribution in [0.2, 0.25) is 0 Å². The Labute approximate surface area is 127 Å². The van der Waals surface area contributed by atoms with E-state index in [4.69, 9.17) is 16.3 Å². The zero-order valence-electron chi connectivity index (χ0n) is 11.2. The molecule has 0 fully saturated rings. The highest BCUT2D eigenvalue weighted by molar-refractivity contribution is 6.18. The average Bonchev–Trinajstić information content (AvgIpc) is 2.47. The molecule has 0 spiro atoms. The van der Waals surface area contributed by atoms with Crippen molar-refractivity contribution in [1.82, 2.24) is 0 Å². The third-order valence-electron chi connectivity index (χ3n) is 2.70. The maximum atomic E-state index is 13.5. The number of ether oxygens (including phenoxy) is 1. The third kappa shape index (κ3) is 4.77. The molecule has 0 aliphatic rings. The Balaban J connectivity index is 2.03. The van der Waals surface area contributed by atoms with E-state index in [9.17, 15) is 8.78 Å². The molecule has 108 valence electrons. The van der Waals surface area contributed by atoms with E-state index >= 15 is 0 Å². The van der Waals surface area contributed by atoms with Crippen molar-refractivity contribution < 1.29 is 13.5 Å². The highest BCUT2D eigenvalue weighted by Gasteiger charge is 2.04. The molecule has 0 unspecified atom stereocenters. The van der Waals surface area contributed by atoms with Gasteiger partial charge < -0.3 is 4.74 Å². The summed E-state index contributed by atoms with van der Waals surface area (Å²) < 4.78 is 31.8. The van der Waals surface area contributed by atoms with Gasteiger partial charge in [-0.3, -0.25) is 0 Å². The van der Waals surface area contributed by atoms with Crippen molar-refractivity contribution in [3.8, 4) is 17.6 Å². The van der Waals surface area contributed by atoms with Crippen LogP contribution in [0.25, 0.3) is 0 Å². The van der Waals surface area contributed by atoms with Crippen LogP contribution in [0.4, 0.5) is 8.78 Å². The van der Waals surface area contributed by atoms with Gasteiger partial charge in [0.2, 0.25) is 0 Å². The molecule has 0 saturated carbocycles. The van der Waals surface area contributed by atoms with Gasteiger partial charge in [-0.05, 0) is 30.3 Å². The minimum Gasteiger partial charge on any atom is -0.489 e. The molecule has 0 atom stereocenters. The van der Waals surface area contributed by atoms with E-state index in [1.54, 1.807) is 18.2 Å². The Bertz CT molecular complexity index is 674. The Hall–Kier alpha value is -2.05. The van der Waals surface area contributed by atoms with Crippen molar-refractivity contribution in [1.29, 1.82) is 0 Å². The lowest BCUT2D eigenvalue weighted by Gasteiger charge is -2.07. The summed E-state index contributed by atoms with van der Waals surface area (Å²) in [7, 11) is 0. The monoisotopic (exact) mass is 306 g/mol. The molecule has 2 aromatic carbocycles. The largest absolute Gasteiger partial charge is 0.489 e. The van der Waals surface area contributed by atoms with Gasteiger partial charge in [-0.1, -0.05) is 17.9 Å². The lowest BCUT2D eigenvalue weighted by molar-refractivity contribution is 0.299. The first-order valence-electron chi connectivity index (χ1n) is 6.40. The van der Waals surface area contributed by atoms with Gasteiger partial charge in [0.25, 0.3) is 0 Å². The molecule has 0 heterocycles. The number of hydrogen-bond acceptors (Lipinski definition) is 1. The van der Waals surface area contributed by atoms with Gasteiger partial charge in [-0.2, -0.15) is 0 Å². The summed E-state index contributed by atoms with van der Waals surface area (Å²) in [5, 5.41) is 0. The van der Waals surface area contributed by atoms with Crippen molar-refractivity contribution in [3.63, 3.8) is 0 Å². The van der Waals surface area contributed by atoms with Gasteiger partial charge in [0.05, 0.1) is 0 Å². The summed E-state index contributed by atoms with van der Waals surface area (Å²) >= 11 is 5.55. The van der Waals surface area contributed by atoms with Crippen LogP contribution in [-0.2, 0) is 6.61 Å². The predicted molar refractivity (Wildman–Crippen MR) is 79.3 cm³/mol. The van der Waals surface area contributed by atoms with Crippen LogP contribution >= 0.6 is 11.6 Å². The van der Waals surface area contributed by atoms with Gasteiger partial charge in [0.15, 0.2) is 0 Å². The Morgan fingerprint density at radius 3 is 2.71 bits per heavy atom. The van der Waals surface area contributed by atoms with E-state index in [2.05, 4.69) is 11.8 Å². The summed E-state index contributed by atoms with van der Waals surface area (Å²) in [4.78, 5) is 0. The maximum absolute atomic E-state index is 13.5. The highest BCUT2D eigenvalue weighted by atomic mass is 35.5. The zero-order valence-corrected chi connectivity index (χ0v) is 12.0. The molecule has 4 heteroatoms.